The molecule has 45 valence electrons. The molecule has 0 saturated heterocycles. The molecule has 0 saturated carbocycles. The van der Waals surface area contributed by atoms with Crippen LogP contribution >= 0.6 is 0 Å². The van der Waals surface area contributed by atoms with E-state index in [1.807, 2.05) is 0 Å². The molecular weight excluding hydrogens is 182 g/mol. The second-order valence-electron chi connectivity index (χ2n) is 0. The topological polar surface area (TPSA) is 0 Å². The fourth-order valence-corrected chi connectivity index (χ4v) is 0. The van der Waals surface area contributed by atoms with Crippen LogP contribution in [0.25, 0.3) is 0 Å². The zero-order valence-electron chi connectivity index (χ0n) is 0.447. The Morgan fingerprint density at radius 1 is 0.333 bits per heavy atom. The van der Waals surface area contributed by atoms with Gasteiger partial charge in [0.2, 0.25) is 0 Å². The molecule has 0 fully saturated rings. The van der Waals surface area contributed by atoms with Crippen molar-refractivity contribution in [3.05, 3.63) is 0 Å². The van der Waals surface area contributed by atoms with Gasteiger partial charge in [0, 0.05) is 24.4 Å². The SMILES string of the molecule is C.C.C.C.C.[Sb]. The Balaban J connectivity index is 0. The maximum absolute atomic E-state index is 0. The maximum Gasteiger partial charge on any atom is 0 e. The largest absolute Gasteiger partial charge is 0.0776 e. The average molecular weight is 202 g/mol. The zero-order valence-corrected chi connectivity index (χ0v) is 3.00. The Morgan fingerprint density at radius 2 is 0.333 bits per heavy atom. The van der Waals surface area contributed by atoms with Crippen molar-refractivity contribution in [1.29, 1.82) is 0 Å². The summed E-state index contributed by atoms with van der Waals surface area (Å²) in [7, 11) is 0. The molecule has 6 heavy (non-hydrogen) atoms. The molecule has 3 radical (unpaired) electrons. The van der Waals surface area contributed by atoms with Crippen molar-refractivity contribution in [1.82, 2.24) is 0 Å². The van der Waals surface area contributed by atoms with Gasteiger partial charge in [0.1, 0.15) is 0 Å². The van der Waals surface area contributed by atoms with Crippen molar-refractivity contribution in [3.63, 3.8) is 0 Å². The van der Waals surface area contributed by atoms with Gasteiger partial charge in [0.25, 0.3) is 0 Å². The Bertz CT molecular complexity index is 3.90. The van der Waals surface area contributed by atoms with E-state index in [-0.39, 0.29) is 61.6 Å². The molecule has 1 heteroatoms. The summed E-state index contributed by atoms with van der Waals surface area (Å²) < 4.78 is 0. The molecule has 0 rings (SSSR count). The van der Waals surface area contributed by atoms with E-state index in [1.165, 1.54) is 0 Å². The minimum Gasteiger partial charge on any atom is -0.0776 e. The first kappa shape index (κ1) is 345. The quantitative estimate of drug-likeness (QED) is 0.529. The monoisotopic (exact) mass is 201 g/mol. The molecule has 0 amide bonds. The summed E-state index contributed by atoms with van der Waals surface area (Å²) >= 11 is 0. The molecule has 0 atom stereocenters. The summed E-state index contributed by atoms with van der Waals surface area (Å²) in [5.41, 5.74) is 0. The molecule has 0 heterocycles. The van der Waals surface area contributed by atoms with Gasteiger partial charge in [-0.2, -0.15) is 0 Å². The van der Waals surface area contributed by atoms with Crippen LogP contribution in [0.4, 0.5) is 0 Å². The third-order valence-corrected chi connectivity index (χ3v) is 0. The molecule has 0 N–H and O–H groups in total. The van der Waals surface area contributed by atoms with Crippen molar-refractivity contribution >= 4 is 24.4 Å². The molecule has 0 bridgehead atoms. The van der Waals surface area contributed by atoms with Gasteiger partial charge in [-0.3, -0.25) is 0 Å². The Hall–Kier alpha value is 0.818. The summed E-state index contributed by atoms with van der Waals surface area (Å²) in [5, 5.41) is 0. The summed E-state index contributed by atoms with van der Waals surface area (Å²) in [6.45, 7) is 0. The molecule has 0 aromatic carbocycles. The van der Waals surface area contributed by atoms with E-state index < -0.39 is 0 Å². The Kier molecular flexibility index (Phi) is 11600. The van der Waals surface area contributed by atoms with Gasteiger partial charge in [-0.15, -0.1) is 0 Å². The smallest absolute Gasteiger partial charge is 0 e. The predicted molar refractivity (Wildman–Crippen MR) is 39.4 cm³/mol. The normalized spacial score (nSPS) is 0. The number of hydrogen-bond donors (Lipinski definition) is 0. The van der Waals surface area contributed by atoms with E-state index in [0.29, 0.717) is 0 Å². The second-order valence-corrected chi connectivity index (χ2v) is 0. The van der Waals surface area contributed by atoms with Crippen molar-refractivity contribution in [2.75, 3.05) is 0 Å². The Labute approximate surface area is 61.8 Å². The summed E-state index contributed by atoms with van der Waals surface area (Å²) in [6.07, 6.45) is 0. The van der Waals surface area contributed by atoms with Crippen molar-refractivity contribution in [2.45, 2.75) is 37.1 Å². The van der Waals surface area contributed by atoms with Crippen molar-refractivity contribution in [3.8, 4) is 0 Å². The minimum absolute atomic E-state index is 0. The first-order chi connectivity index (χ1) is 0. The van der Waals surface area contributed by atoms with E-state index in [0.717, 1.165) is 0 Å². The molecule has 0 unspecified atom stereocenters. The Morgan fingerprint density at radius 3 is 0.333 bits per heavy atom. The van der Waals surface area contributed by atoms with Crippen LogP contribution in [0.2, 0.25) is 0 Å². The average Bonchev–Trinajstić information content (AvgIpc) is 0. The van der Waals surface area contributed by atoms with Crippen LogP contribution in [-0.4, -0.2) is 24.4 Å². The van der Waals surface area contributed by atoms with Gasteiger partial charge in [0.05, 0.1) is 0 Å². The molecule has 0 aliphatic carbocycles. The second kappa shape index (κ2) is 202. The van der Waals surface area contributed by atoms with Gasteiger partial charge >= 0.3 is 0 Å². The van der Waals surface area contributed by atoms with E-state index in [9.17, 15) is 0 Å². The molecule has 0 spiro atoms. The third-order valence-electron chi connectivity index (χ3n) is 0. The van der Waals surface area contributed by atoms with Crippen LogP contribution in [0.3, 0.4) is 0 Å². The van der Waals surface area contributed by atoms with Gasteiger partial charge < -0.3 is 0 Å². The standard InChI is InChI=1S/5CH4.Sb/h5*1H4;. The summed E-state index contributed by atoms with van der Waals surface area (Å²) in [4.78, 5) is 0. The van der Waals surface area contributed by atoms with Crippen LogP contribution in [0.15, 0.2) is 0 Å². The van der Waals surface area contributed by atoms with Crippen LogP contribution in [0, 0.1) is 0 Å². The molecule has 0 aromatic heterocycles. The van der Waals surface area contributed by atoms with Crippen molar-refractivity contribution in [2.24, 2.45) is 0 Å². The summed E-state index contributed by atoms with van der Waals surface area (Å²) in [6, 6.07) is 0. The van der Waals surface area contributed by atoms with Crippen LogP contribution in [-0.2, 0) is 0 Å². The van der Waals surface area contributed by atoms with Crippen molar-refractivity contribution < 1.29 is 0 Å². The van der Waals surface area contributed by atoms with Gasteiger partial charge in [0.15, 0.2) is 0 Å². The fourth-order valence-electron chi connectivity index (χ4n) is 0. The van der Waals surface area contributed by atoms with Gasteiger partial charge in [-0.1, -0.05) is 37.1 Å². The van der Waals surface area contributed by atoms with Gasteiger partial charge in [-0.25, -0.2) is 0 Å². The third kappa shape index (κ3) is 105. The molecular formula is C5H20Sb. The van der Waals surface area contributed by atoms with E-state index in [1.54, 1.807) is 0 Å². The van der Waals surface area contributed by atoms with E-state index in [2.05, 4.69) is 0 Å². The van der Waals surface area contributed by atoms with Gasteiger partial charge in [-0.05, 0) is 0 Å². The first-order valence-electron chi connectivity index (χ1n) is 0. The van der Waals surface area contributed by atoms with Crippen LogP contribution < -0.4 is 0 Å². The molecule has 0 aliphatic heterocycles. The summed E-state index contributed by atoms with van der Waals surface area (Å²) in [5.74, 6) is 0. The first-order valence-corrected chi connectivity index (χ1v) is 0. The molecule has 0 nitrogen and oxygen atoms in total. The van der Waals surface area contributed by atoms with Crippen LogP contribution in [0.1, 0.15) is 37.1 Å². The van der Waals surface area contributed by atoms with E-state index >= 15 is 0 Å². The fraction of sp³-hybridized carbons (Fsp3) is 1.00. The van der Waals surface area contributed by atoms with E-state index in [4.69, 9.17) is 0 Å². The maximum atomic E-state index is 0. The molecule has 0 aromatic rings. The number of hydrogen-bond acceptors (Lipinski definition) is 0. The minimum atomic E-state index is 0. The zero-order chi connectivity index (χ0) is 0. The molecule has 0 aliphatic rings. The van der Waals surface area contributed by atoms with Crippen LogP contribution in [0.5, 0.6) is 0 Å². The predicted octanol–water partition coefficient (Wildman–Crippen LogP) is 2.80. The number of rotatable bonds is 0.